The molecule has 1 heterocycles. The van der Waals surface area contributed by atoms with Gasteiger partial charge in [-0.2, -0.15) is 0 Å². The van der Waals surface area contributed by atoms with Crippen LogP contribution in [0.1, 0.15) is 49.4 Å². The van der Waals surface area contributed by atoms with Crippen LogP contribution >= 0.6 is 15.9 Å². The van der Waals surface area contributed by atoms with Gasteiger partial charge in [-0.05, 0) is 64.0 Å². The third kappa shape index (κ3) is 5.63. The zero-order valence-corrected chi connectivity index (χ0v) is 19.9. The van der Waals surface area contributed by atoms with Gasteiger partial charge in [0.2, 0.25) is 0 Å². The van der Waals surface area contributed by atoms with Crippen LogP contribution < -0.4 is 5.32 Å². The third-order valence-corrected chi connectivity index (χ3v) is 8.29. The standard InChI is InChI=1S/C23H30BrNO4S/c1-14(2)17-5-4-6-18(11-17)15(3)25-21-13-30(28,29)12-19(23(21)27)9-16-7-8-22(26)20(24)10-16/h4-8,10-11,14-15,19,21,23,25-27H,9,12-13H2,1-3H3/t15-,19+,21-,23-/m0/s1. The first-order chi connectivity index (χ1) is 14.1. The summed E-state index contributed by atoms with van der Waals surface area (Å²) in [7, 11) is -3.29. The molecule has 5 nitrogen and oxygen atoms in total. The average molecular weight is 496 g/mol. The maximum atomic E-state index is 12.6. The molecule has 1 aliphatic heterocycles. The van der Waals surface area contributed by atoms with Crippen molar-refractivity contribution in [3.63, 3.8) is 0 Å². The number of aliphatic hydroxyl groups is 1. The van der Waals surface area contributed by atoms with Crippen LogP contribution in [0.2, 0.25) is 0 Å². The van der Waals surface area contributed by atoms with Crippen LogP contribution in [0.25, 0.3) is 0 Å². The molecule has 30 heavy (non-hydrogen) atoms. The van der Waals surface area contributed by atoms with Crippen molar-refractivity contribution < 1.29 is 18.6 Å². The maximum Gasteiger partial charge on any atom is 0.152 e. The van der Waals surface area contributed by atoms with Crippen LogP contribution in [0, 0.1) is 5.92 Å². The summed E-state index contributed by atoms with van der Waals surface area (Å²) < 4.78 is 25.7. The SMILES string of the molecule is CC(C)c1cccc([C@H](C)N[C@H]2CS(=O)(=O)C[C@@H](Cc3ccc(O)c(Br)c3)[C@@H]2O)c1. The van der Waals surface area contributed by atoms with Crippen molar-refractivity contribution in [1.82, 2.24) is 5.32 Å². The van der Waals surface area contributed by atoms with E-state index in [-0.39, 0.29) is 23.3 Å². The van der Waals surface area contributed by atoms with Crippen LogP contribution in [0.3, 0.4) is 0 Å². The molecule has 0 amide bonds. The fourth-order valence-electron chi connectivity index (χ4n) is 4.10. The lowest BCUT2D eigenvalue weighted by Gasteiger charge is -2.37. The number of aliphatic hydroxyl groups excluding tert-OH is 1. The van der Waals surface area contributed by atoms with Gasteiger partial charge in [0.1, 0.15) is 5.75 Å². The zero-order chi connectivity index (χ0) is 22.1. The first-order valence-electron chi connectivity index (χ1n) is 10.3. The van der Waals surface area contributed by atoms with E-state index in [9.17, 15) is 18.6 Å². The Morgan fingerprint density at radius 3 is 2.47 bits per heavy atom. The second kappa shape index (κ2) is 9.39. The van der Waals surface area contributed by atoms with Crippen LogP contribution in [0.5, 0.6) is 5.75 Å². The van der Waals surface area contributed by atoms with E-state index in [1.165, 1.54) is 5.56 Å². The van der Waals surface area contributed by atoms with E-state index in [4.69, 9.17) is 0 Å². The van der Waals surface area contributed by atoms with Crippen molar-refractivity contribution in [3.8, 4) is 5.75 Å². The van der Waals surface area contributed by atoms with Gasteiger partial charge in [-0.1, -0.05) is 44.2 Å². The molecule has 1 fully saturated rings. The van der Waals surface area contributed by atoms with Crippen LogP contribution in [0.15, 0.2) is 46.9 Å². The molecule has 0 spiro atoms. The van der Waals surface area contributed by atoms with Gasteiger partial charge in [-0.15, -0.1) is 0 Å². The van der Waals surface area contributed by atoms with Crippen LogP contribution in [0.4, 0.5) is 0 Å². The molecule has 0 saturated carbocycles. The van der Waals surface area contributed by atoms with E-state index in [1.54, 1.807) is 18.2 Å². The molecule has 0 unspecified atom stereocenters. The predicted molar refractivity (Wildman–Crippen MR) is 124 cm³/mol. The van der Waals surface area contributed by atoms with E-state index in [2.05, 4.69) is 47.2 Å². The van der Waals surface area contributed by atoms with E-state index in [0.29, 0.717) is 16.8 Å². The number of benzene rings is 2. The number of hydrogen-bond donors (Lipinski definition) is 3. The number of nitrogens with one attached hydrogen (secondary N) is 1. The molecule has 4 atom stereocenters. The van der Waals surface area contributed by atoms with Crippen molar-refractivity contribution in [2.24, 2.45) is 5.92 Å². The Balaban J connectivity index is 1.77. The van der Waals surface area contributed by atoms with Gasteiger partial charge >= 0.3 is 0 Å². The molecule has 3 N–H and O–H groups in total. The van der Waals surface area contributed by atoms with Crippen LogP contribution in [-0.4, -0.2) is 42.3 Å². The minimum Gasteiger partial charge on any atom is -0.507 e. The molecular weight excluding hydrogens is 466 g/mol. The highest BCUT2D eigenvalue weighted by molar-refractivity contribution is 9.10. The van der Waals surface area contributed by atoms with Crippen molar-refractivity contribution in [2.75, 3.05) is 11.5 Å². The molecule has 3 rings (SSSR count). The number of hydrogen-bond acceptors (Lipinski definition) is 5. The summed E-state index contributed by atoms with van der Waals surface area (Å²) in [4.78, 5) is 0. The Kier molecular flexibility index (Phi) is 7.28. The molecule has 0 radical (unpaired) electrons. The largest absolute Gasteiger partial charge is 0.507 e. The minimum atomic E-state index is -3.29. The summed E-state index contributed by atoms with van der Waals surface area (Å²) in [5.41, 5.74) is 3.18. The number of sulfone groups is 1. The molecule has 7 heteroatoms. The Hall–Kier alpha value is -1.41. The van der Waals surface area contributed by atoms with E-state index < -0.39 is 27.9 Å². The van der Waals surface area contributed by atoms with Crippen molar-refractivity contribution in [2.45, 2.75) is 51.3 Å². The Bertz CT molecular complexity index is 992. The summed E-state index contributed by atoms with van der Waals surface area (Å²) in [6.45, 7) is 6.28. The summed E-state index contributed by atoms with van der Waals surface area (Å²) in [6, 6.07) is 12.8. The molecule has 1 saturated heterocycles. The molecule has 0 aromatic heterocycles. The Labute approximate surface area is 187 Å². The normalized spacial score (nSPS) is 24.7. The Morgan fingerprint density at radius 1 is 1.10 bits per heavy atom. The van der Waals surface area contributed by atoms with Gasteiger partial charge < -0.3 is 15.5 Å². The van der Waals surface area contributed by atoms with Gasteiger partial charge in [0.05, 0.1) is 22.1 Å². The van der Waals surface area contributed by atoms with Crippen LogP contribution in [-0.2, 0) is 16.3 Å². The fraction of sp³-hybridized carbons (Fsp3) is 0.478. The molecule has 1 aliphatic rings. The fourth-order valence-corrected chi connectivity index (χ4v) is 6.47. The second-order valence-corrected chi connectivity index (χ2v) is 11.6. The summed E-state index contributed by atoms with van der Waals surface area (Å²) >= 11 is 3.29. The molecule has 164 valence electrons. The highest BCUT2D eigenvalue weighted by atomic mass is 79.9. The molecule has 2 aromatic carbocycles. The van der Waals surface area contributed by atoms with E-state index in [0.717, 1.165) is 11.1 Å². The topological polar surface area (TPSA) is 86.6 Å². The van der Waals surface area contributed by atoms with E-state index >= 15 is 0 Å². The lowest BCUT2D eigenvalue weighted by Crippen LogP contribution is -2.55. The number of aromatic hydroxyl groups is 1. The second-order valence-electron chi connectivity index (χ2n) is 8.64. The number of phenolic OH excluding ortho intramolecular Hbond substituents is 1. The Morgan fingerprint density at radius 2 is 1.80 bits per heavy atom. The van der Waals surface area contributed by atoms with Gasteiger partial charge in [0.25, 0.3) is 0 Å². The van der Waals surface area contributed by atoms with Crippen molar-refractivity contribution in [1.29, 1.82) is 0 Å². The third-order valence-electron chi connectivity index (χ3n) is 5.85. The van der Waals surface area contributed by atoms with Gasteiger partial charge in [0, 0.05) is 18.0 Å². The smallest absolute Gasteiger partial charge is 0.152 e. The van der Waals surface area contributed by atoms with Gasteiger partial charge in [-0.25, -0.2) is 8.42 Å². The average Bonchev–Trinajstić information content (AvgIpc) is 2.68. The quantitative estimate of drug-likeness (QED) is 0.564. The summed E-state index contributed by atoms with van der Waals surface area (Å²) in [6.07, 6.45) is -0.355. The first kappa shape index (κ1) is 23.3. The minimum absolute atomic E-state index is 0.0396. The van der Waals surface area contributed by atoms with Crippen molar-refractivity contribution in [3.05, 3.63) is 63.6 Å². The molecular formula is C23H30BrNO4S. The first-order valence-corrected chi connectivity index (χ1v) is 12.9. The highest BCUT2D eigenvalue weighted by Gasteiger charge is 2.40. The van der Waals surface area contributed by atoms with Gasteiger partial charge in [-0.3, -0.25) is 0 Å². The lowest BCUT2D eigenvalue weighted by atomic mass is 9.90. The summed E-state index contributed by atoms with van der Waals surface area (Å²) in [5.74, 6) is 0.0199. The predicted octanol–water partition coefficient (Wildman–Crippen LogP) is 3.95. The van der Waals surface area contributed by atoms with Gasteiger partial charge in [0.15, 0.2) is 9.84 Å². The van der Waals surface area contributed by atoms with Crippen molar-refractivity contribution >= 4 is 25.8 Å². The zero-order valence-electron chi connectivity index (χ0n) is 17.5. The highest BCUT2D eigenvalue weighted by Crippen LogP contribution is 2.29. The molecule has 2 aromatic rings. The lowest BCUT2D eigenvalue weighted by molar-refractivity contribution is 0.0747. The summed E-state index contributed by atoms with van der Waals surface area (Å²) in [5, 5.41) is 24.0. The number of rotatable bonds is 6. The molecule has 0 aliphatic carbocycles. The monoisotopic (exact) mass is 495 g/mol. The number of halogens is 1. The molecule has 0 bridgehead atoms. The van der Waals surface area contributed by atoms with E-state index in [1.807, 2.05) is 19.1 Å². The number of phenols is 1. The maximum absolute atomic E-state index is 12.6.